The van der Waals surface area contributed by atoms with Crippen LogP contribution in [-0.2, 0) is 30.2 Å². The number of carbonyl (C=O) groups is 1. The molecule has 2 saturated heterocycles. The van der Waals surface area contributed by atoms with Crippen LogP contribution in [0.1, 0.15) is 18.4 Å². The van der Waals surface area contributed by atoms with Gasteiger partial charge in [-0.15, -0.1) is 0 Å². The van der Waals surface area contributed by atoms with Gasteiger partial charge in [0, 0.05) is 46.9 Å². The first-order chi connectivity index (χ1) is 16.0. The Labute approximate surface area is 190 Å². The minimum atomic E-state index is -0.407. The summed E-state index contributed by atoms with van der Waals surface area (Å²) in [7, 11) is 3.12. The molecule has 5 rings (SSSR count). The molecule has 0 saturated carbocycles. The summed E-state index contributed by atoms with van der Waals surface area (Å²) in [4.78, 5) is 47.0. The number of piperazine rings is 1. The second-order valence-electron chi connectivity index (χ2n) is 8.68. The summed E-state index contributed by atoms with van der Waals surface area (Å²) >= 11 is 0. The van der Waals surface area contributed by atoms with E-state index in [4.69, 9.17) is 9.72 Å². The van der Waals surface area contributed by atoms with E-state index in [0.717, 1.165) is 23.0 Å². The number of hydrogen-bond acceptors (Lipinski definition) is 6. The van der Waals surface area contributed by atoms with E-state index in [2.05, 4.69) is 4.90 Å². The minimum absolute atomic E-state index is 0.0567. The average Bonchev–Trinajstić information content (AvgIpc) is 3.51. The molecule has 2 fully saturated rings. The molecule has 0 spiro atoms. The molecular formula is C23H28N6O4. The van der Waals surface area contributed by atoms with Crippen molar-refractivity contribution in [2.24, 2.45) is 14.1 Å². The highest BCUT2D eigenvalue weighted by Crippen LogP contribution is 2.23. The fourth-order valence-corrected chi connectivity index (χ4v) is 4.70. The van der Waals surface area contributed by atoms with Gasteiger partial charge in [-0.2, -0.15) is 4.98 Å². The number of aromatic nitrogens is 4. The third-order valence-electron chi connectivity index (χ3n) is 6.59. The molecule has 0 unspecified atom stereocenters. The van der Waals surface area contributed by atoms with Gasteiger partial charge in [0.05, 0.1) is 6.54 Å². The monoisotopic (exact) mass is 452 g/mol. The zero-order valence-electron chi connectivity index (χ0n) is 18.9. The standard InChI is InChI=1S/C23H28N6O4/c1-25-19-18(21(31)26(2)23(25)32)29(15-16-7-4-3-5-8-16)22(24-19)28-12-10-27(11-13-28)20(30)17-9-6-14-33-17/h3-5,7-8,17H,6,9-15H2,1-2H3/t17-/m1/s1. The molecule has 174 valence electrons. The van der Waals surface area contributed by atoms with Gasteiger partial charge in [0.25, 0.3) is 11.5 Å². The maximum Gasteiger partial charge on any atom is 0.332 e. The molecule has 0 radical (unpaired) electrons. The molecule has 33 heavy (non-hydrogen) atoms. The Balaban J connectivity index is 1.51. The molecule has 0 N–H and O–H groups in total. The summed E-state index contributed by atoms with van der Waals surface area (Å²) in [5.41, 5.74) is 1.02. The van der Waals surface area contributed by atoms with Crippen LogP contribution in [0.5, 0.6) is 0 Å². The van der Waals surface area contributed by atoms with Gasteiger partial charge in [0.15, 0.2) is 11.2 Å². The molecule has 2 aliphatic rings. The molecule has 4 heterocycles. The SMILES string of the molecule is Cn1c(=O)c2c(nc(N3CCN(C(=O)[C@H]4CCCO4)CC3)n2Cc2ccccc2)n(C)c1=O. The van der Waals surface area contributed by atoms with Gasteiger partial charge >= 0.3 is 5.69 Å². The lowest BCUT2D eigenvalue weighted by molar-refractivity contribution is -0.141. The van der Waals surface area contributed by atoms with Crippen LogP contribution in [0.25, 0.3) is 11.2 Å². The molecule has 1 amide bonds. The Hall–Kier alpha value is -3.40. The Morgan fingerprint density at radius 1 is 1.06 bits per heavy atom. The zero-order valence-corrected chi connectivity index (χ0v) is 18.9. The highest BCUT2D eigenvalue weighted by Gasteiger charge is 2.32. The van der Waals surface area contributed by atoms with E-state index >= 15 is 0 Å². The van der Waals surface area contributed by atoms with Crippen LogP contribution < -0.4 is 16.1 Å². The number of benzene rings is 1. The van der Waals surface area contributed by atoms with Gasteiger partial charge in [-0.25, -0.2) is 4.79 Å². The third kappa shape index (κ3) is 3.74. The number of aryl methyl sites for hydroxylation is 1. The average molecular weight is 453 g/mol. The van der Waals surface area contributed by atoms with Gasteiger partial charge in [-0.05, 0) is 18.4 Å². The number of ether oxygens (including phenoxy) is 1. The number of nitrogens with zero attached hydrogens (tertiary/aromatic N) is 6. The van der Waals surface area contributed by atoms with Crippen LogP contribution in [0, 0.1) is 0 Å². The Morgan fingerprint density at radius 3 is 2.45 bits per heavy atom. The highest BCUT2D eigenvalue weighted by molar-refractivity contribution is 5.81. The fraction of sp³-hybridized carbons (Fsp3) is 0.478. The van der Waals surface area contributed by atoms with Gasteiger partial charge in [-0.1, -0.05) is 30.3 Å². The van der Waals surface area contributed by atoms with E-state index in [1.165, 1.54) is 11.6 Å². The summed E-state index contributed by atoms with van der Waals surface area (Å²) in [6, 6.07) is 9.86. The van der Waals surface area contributed by atoms with Crippen molar-refractivity contribution >= 4 is 23.0 Å². The first-order valence-corrected chi connectivity index (χ1v) is 11.3. The van der Waals surface area contributed by atoms with Crippen molar-refractivity contribution in [1.82, 2.24) is 23.6 Å². The van der Waals surface area contributed by atoms with Crippen molar-refractivity contribution in [3.8, 4) is 0 Å². The Morgan fingerprint density at radius 2 is 1.79 bits per heavy atom. The number of fused-ring (bicyclic) bond motifs is 1. The summed E-state index contributed by atoms with van der Waals surface area (Å²) in [6.07, 6.45) is 1.38. The van der Waals surface area contributed by atoms with Crippen molar-refractivity contribution in [3.63, 3.8) is 0 Å². The van der Waals surface area contributed by atoms with Crippen LogP contribution in [-0.4, -0.2) is 68.4 Å². The predicted molar refractivity (Wildman–Crippen MR) is 124 cm³/mol. The number of imidazole rings is 1. The van der Waals surface area contributed by atoms with E-state index in [9.17, 15) is 14.4 Å². The fourth-order valence-electron chi connectivity index (χ4n) is 4.70. The van der Waals surface area contributed by atoms with E-state index < -0.39 is 5.69 Å². The van der Waals surface area contributed by atoms with Gasteiger partial charge in [0.2, 0.25) is 5.95 Å². The number of carbonyl (C=O) groups excluding carboxylic acids is 1. The predicted octanol–water partition coefficient (Wildman–Crippen LogP) is 0.310. The first-order valence-electron chi connectivity index (χ1n) is 11.3. The van der Waals surface area contributed by atoms with E-state index in [-0.39, 0.29) is 17.6 Å². The minimum Gasteiger partial charge on any atom is -0.368 e. The molecule has 2 aromatic heterocycles. The van der Waals surface area contributed by atoms with E-state index in [0.29, 0.717) is 56.4 Å². The Kier molecular flexibility index (Phi) is 5.53. The largest absolute Gasteiger partial charge is 0.368 e. The van der Waals surface area contributed by atoms with Crippen LogP contribution >= 0.6 is 0 Å². The van der Waals surface area contributed by atoms with Crippen molar-refractivity contribution in [1.29, 1.82) is 0 Å². The van der Waals surface area contributed by atoms with Gasteiger partial charge in [0.1, 0.15) is 6.10 Å². The lowest BCUT2D eigenvalue weighted by Crippen LogP contribution is -2.52. The molecule has 10 heteroatoms. The summed E-state index contributed by atoms with van der Waals surface area (Å²) in [5, 5.41) is 0. The zero-order chi connectivity index (χ0) is 23.1. The molecule has 2 aliphatic heterocycles. The van der Waals surface area contributed by atoms with Gasteiger partial charge in [-0.3, -0.25) is 23.3 Å². The maximum absolute atomic E-state index is 13.1. The molecule has 0 aliphatic carbocycles. The molecule has 1 aromatic carbocycles. The molecule has 1 atom stereocenters. The summed E-state index contributed by atoms with van der Waals surface area (Å²) in [5.74, 6) is 0.692. The van der Waals surface area contributed by atoms with Crippen molar-refractivity contribution in [2.45, 2.75) is 25.5 Å². The quantitative estimate of drug-likeness (QED) is 0.566. The van der Waals surface area contributed by atoms with E-state index in [1.807, 2.05) is 39.8 Å². The topological polar surface area (TPSA) is 94.6 Å². The number of amides is 1. The normalized spacial score (nSPS) is 18.9. The van der Waals surface area contributed by atoms with Crippen molar-refractivity contribution in [2.75, 3.05) is 37.7 Å². The van der Waals surface area contributed by atoms with Crippen molar-refractivity contribution in [3.05, 3.63) is 56.7 Å². The second kappa shape index (κ2) is 8.51. The summed E-state index contributed by atoms with van der Waals surface area (Å²) < 4.78 is 9.99. The van der Waals surface area contributed by atoms with Crippen molar-refractivity contribution < 1.29 is 9.53 Å². The number of rotatable bonds is 4. The Bertz CT molecular complexity index is 1290. The van der Waals surface area contributed by atoms with Crippen LogP contribution in [0.3, 0.4) is 0 Å². The second-order valence-corrected chi connectivity index (χ2v) is 8.68. The van der Waals surface area contributed by atoms with Gasteiger partial charge < -0.3 is 14.5 Å². The van der Waals surface area contributed by atoms with Crippen LogP contribution in [0.4, 0.5) is 5.95 Å². The summed E-state index contributed by atoms with van der Waals surface area (Å²) in [6.45, 7) is 3.40. The third-order valence-corrected chi connectivity index (χ3v) is 6.59. The number of anilines is 1. The lowest BCUT2D eigenvalue weighted by atomic mass is 10.2. The molecule has 3 aromatic rings. The first kappa shape index (κ1) is 21.4. The molecule has 0 bridgehead atoms. The maximum atomic E-state index is 13.1. The van der Waals surface area contributed by atoms with Crippen LogP contribution in [0.15, 0.2) is 39.9 Å². The number of hydrogen-bond donors (Lipinski definition) is 0. The van der Waals surface area contributed by atoms with E-state index in [1.54, 1.807) is 7.05 Å². The lowest BCUT2D eigenvalue weighted by Gasteiger charge is -2.36. The smallest absolute Gasteiger partial charge is 0.332 e. The highest BCUT2D eigenvalue weighted by atomic mass is 16.5. The molecular weight excluding hydrogens is 424 g/mol. The van der Waals surface area contributed by atoms with Crippen LogP contribution in [0.2, 0.25) is 0 Å². The molecule has 10 nitrogen and oxygen atoms in total.